The lowest BCUT2D eigenvalue weighted by molar-refractivity contribution is -0.117. The quantitative estimate of drug-likeness (QED) is 0.618. The lowest BCUT2D eigenvalue weighted by Crippen LogP contribution is -2.27. The summed E-state index contributed by atoms with van der Waals surface area (Å²) < 4.78 is 33.0. The molecule has 1 aliphatic carbocycles. The maximum atomic E-state index is 14.6. The monoisotopic (exact) mass is 431 g/mol. The third kappa shape index (κ3) is 5.99. The van der Waals surface area contributed by atoms with Gasteiger partial charge in [0.15, 0.2) is 11.6 Å². The van der Waals surface area contributed by atoms with E-state index in [0.29, 0.717) is 28.9 Å². The van der Waals surface area contributed by atoms with Crippen LogP contribution in [0.3, 0.4) is 0 Å². The molecule has 1 unspecified atom stereocenters. The Morgan fingerprint density at radius 2 is 2.00 bits per heavy atom. The van der Waals surface area contributed by atoms with Gasteiger partial charge in [-0.1, -0.05) is 6.92 Å². The first kappa shape index (κ1) is 22.7. The van der Waals surface area contributed by atoms with E-state index in [9.17, 15) is 18.4 Å². The van der Waals surface area contributed by atoms with E-state index < -0.39 is 18.0 Å². The van der Waals surface area contributed by atoms with Crippen LogP contribution in [0.1, 0.15) is 61.1 Å². The number of carbonyl (C=O) groups is 2. The number of benzene rings is 1. The van der Waals surface area contributed by atoms with E-state index in [4.69, 9.17) is 4.74 Å². The number of anilines is 1. The Labute approximate surface area is 180 Å². The summed E-state index contributed by atoms with van der Waals surface area (Å²) in [7, 11) is 0. The summed E-state index contributed by atoms with van der Waals surface area (Å²) in [5, 5.41) is 5.54. The molecule has 2 amide bonds. The zero-order chi connectivity index (χ0) is 22.5. The van der Waals surface area contributed by atoms with Gasteiger partial charge in [-0.25, -0.2) is 13.8 Å². The molecule has 0 aliphatic heterocycles. The topological polar surface area (TPSA) is 80.3 Å². The molecule has 0 saturated heterocycles. The fourth-order valence-electron chi connectivity index (χ4n) is 3.12. The number of carbonyl (C=O) groups excluding carboxylic acids is 2. The van der Waals surface area contributed by atoms with E-state index in [1.165, 1.54) is 25.3 Å². The van der Waals surface area contributed by atoms with Gasteiger partial charge in [-0.15, -0.1) is 0 Å². The van der Waals surface area contributed by atoms with Crippen molar-refractivity contribution in [2.45, 2.75) is 52.2 Å². The molecular weight excluding hydrogens is 404 g/mol. The summed E-state index contributed by atoms with van der Waals surface area (Å²) >= 11 is 0. The molecule has 2 N–H and O–H groups in total. The Morgan fingerprint density at radius 1 is 1.26 bits per heavy atom. The summed E-state index contributed by atoms with van der Waals surface area (Å²) in [5.74, 6) is -0.668. The van der Waals surface area contributed by atoms with Gasteiger partial charge in [-0.2, -0.15) is 0 Å². The van der Waals surface area contributed by atoms with Crippen LogP contribution in [0.25, 0.3) is 0 Å². The molecule has 166 valence electrons. The minimum absolute atomic E-state index is 0.0297. The van der Waals surface area contributed by atoms with Crippen molar-refractivity contribution in [1.29, 1.82) is 0 Å². The number of hydrogen-bond acceptors (Lipinski definition) is 4. The van der Waals surface area contributed by atoms with Crippen molar-refractivity contribution in [3.8, 4) is 5.75 Å². The van der Waals surface area contributed by atoms with Gasteiger partial charge in [0.25, 0.3) is 5.91 Å². The highest BCUT2D eigenvalue weighted by atomic mass is 19.1. The molecule has 1 aromatic heterocycles. The highest BCUT2D eigenvalue weighted by molar-refractivity contribution is 5.97. The summed E-state index contributed by atoms with van der Waals surface area (Å²) in [4.78, 5) is 28.7. The number of halogens is 2. The van der Waals surface area contributed by atoms with Crippen LogP contribution in [0.4, 0.5) is 14.6 Å². The first-order chi connectivity index (χ1) is 14.8. The molecule has 3 rings (SSSR count). The second-order valence-electron chi connectivity index (χ2n) is 7.82. The fraction of sp³-hybridized carbons (Fsp3) is 0.435. The Hall–Kier alpha value is -3.03. The van der Waals surface area contributed by atoms with Gasteiger partial charge in [0.1, 0.15) is 18.6 Å². The summed E-state index contributed by atoms with van der Waals surface area (Å²) in [6, 6.07) is 5.60. The molecule has 8 heteroatoms. The van der Waals surface area contributed by atoms with Crippen LogP contribution in [-0.4, -0.2) is 29.6 Å². The summed E-state index contributed by atoms with van der Waals surface area (Å²) in [6.45, 7) is 4.71. The zero-order valence-electron chi connectivity index (χ0n) is 17.9. The fourth-order valence-corrected chi connectivity index (χ4v) is 3.12. The van der Waals surface area contributed by atoms with Crippen LogP contribution >= 0.6 is 0 Å². The number of aryl methyl sites for hydroxylation is 1. The Bertz CT molecular complexity index is 961. The number of rotatable bonds is 9. The predicted octanol–water partition coefficient (Wildman–Crippen LogP) is 4.36. The van der Waals surface area contributed by atoms with E-state index in [-0.39, 0.29) is 30.1 Å². The molecule has 6 nitrogen and oxygen atoms in total. The lowest BCUT2D eigenvalue weighted by atomic mass is 10.0. The minimum atomic E-state index is -1.21. The zero-order valence-corrected chi connectivity index (χ0v) is 17.9. The van der Waals surface area contributed by atoms with Crippen molar-refractivity contribution in [3.05, 3.63) is 53.0 Å². The van der Waals surface area contributed by atoms with Crippen LogP contribution in [0, 0.1) is 11.7 Å². The average molecular weight is 431 g/mol. The molecule has 1 heterocycles. The van der Waals surface area contributed by atoms with Crippen molar-refractivity contribution >= 4 is 17.6 Å². The summed E-state index contributed by atoms with van der Waals surface area (Å²) in [6.07, 6.45) is 2.49. The average Bonchev–Trinajstić information content (AvgIpc) is 3.57. The minimum Gasteiger partial charge on any atom is -0.487 e. The molecule has 2 aromatic rings. The van der Waals surface area contributed by atoms with E-state index in [1.807, 2.05) is 6.92 Å². The Morgan fingerprint density at radius 3 is 2.65 bits per heavy atom. The van der Waals surface area contributed by atoms with E-state index >= 15 is 0 Å². The SMILES string of the molecule is CCc1cc(C(C)NC(=O)c2ccnc(NC(=O)C3CC3)c2)cc(F)c1OC[C@@H](C)F. The first-order valence-electron chi connectivity index (χ1n) is 10.5. The molecule has 1 aliphatic rings. The van der Waals surface area contributed by atoms with Gasteiger partial charge in [0.2, 0.25) is 5.91 Å². The van der Waals surface area contributed by atoms with Gasteiger partial charge < -0.3 is 15.4 Å². The van der Waals surface area contributed by atoms with Crippen LogP contribution in [-0.2, 0) is 11.2 Å². The Balaban J connectivity index is 1.70. The molecule has 0 bridgehead atoms. The second-order valence-corrected chi connectivity index (χ2v) is 7.82. The number of amides is 2. The second kappa shape index (κ2) is 9.85. The number of hydrogen-bond donors (Lipinski definition) is 2. The molecule has 31 heavy (non-hydrogen) atoms. The summed E-state index contributed by atoms with van der Waals surface area (Å²) in [5.41, 5.74) is 1.51. The lowest BCUT2D eigenvalue weighted by Gasteiger charge is -2.18. The maximum Gasteiger partial charge on any atom is 0.251 e. The van der Waals surface area contributed by atoms with Crippen molar-refractivity contribution in [1.82, 2.24) is 10.3 Å². The van der Waals surface area contributed by atoms with E-state index in [0.717, 1.165) is 12.8 Å². The molecule has 2 atom stereocenters. The third-order valence-corrected chi connectivity index (χ3v) is 5.05. The van der Waals surface area contributed by atoms with Crippen LogP contribution < -0.4 is 15.4 Å². The van der Waals surface area contributed by atoms with E-state index in [1.54, 1.807) is 19.1 Å². The van der Waals surface area contributed by atoms with Crippen molar-refractivity contribution in [2.75, 3.05) is 11.9 Å². The molecule has 0 radical (unpaired) electrons. The van der Waals surface area contributed by atoms with Crippen LogP contribution in [0.15, 0.2) is 30.5 Å². The number of aromatic nitrogens is 1. The van der Waals surface area contributed by atoms with Crippen LogP contribution in [0.2, 0.25) is 0 Å². The van der Waals surface area contributed by atoms with Gasteiger partial charge in [-0.05, 0) is 68.5 Å². The smallest absolute Gasteiger partial charge is 0.251 e. The third-order valence-electron chi connectivity index (χ3n) is 5.05. The molecule has 0 spiro atoms. The Kier molecular flexibility index (Phi) is 7.20. The first-order valence-corrected chi connectivity index (χ1v) is 10.5. The molecule has 1 saturated carbocycles. The molecule has 1 fully saturated rings. The van der Waals surface area contributed by atoms with Crippen molar-refractivity contribution < 1.29 is 23.1 Å². The van der Waals surface area contributed by atoms with Crippen molar-refractivity contribution in [2.24, 2.45) is 5.92 Å². The number of nitrogens with one attached hydrogen (secondary N) is 2. The standard InChI is InChI=1S/C23H27F2N3O3/c1-4-15-9-18(10-19(25)21(15)31-12-13(2)24)14(3)27-23(30)17-7-8-26-20(11-17)28-22(29)16-5-6-16/h7-11,13-14,16H,4-6,12H2,1-3H3,(H,27,30)(H,26,28,29)/t13-,14?/m1/s1. The van der Waals surface area contributed by atoms with E-state index in [2.05, 4.69) is 15.6 Å². The number of alkyl halides is 1. The highest BCUT2D eigenvalue weighted by Gasteiger charge is 2.30. The van der Waals surface area contributed by atoms with Gasteiger partial charge in [0.05, 0.1) is 6.04 Å². The van der Waals surface area contributed by atoms with Crippen molar-refractivity contribution in [3.63, 3.8) is 0 Å². The number of nitrogens with zero attached hydrogens (tertiary/aromatic N) is 1. The maximum absolute atomic E-state index is 14.6. The number of ether oxygens (including phenoxy) is 1. The highest BCUT2D eigenvalue weighted by Crippen LogP contribution is 2.30. The predicted molar refractivity (Wildman–Crippen MR) is 113 cm³/mol. The number of pyridine rings is 1. The van der Waals surface area contributed by atoms with Gasteiger partial charge in [-0.3, -0.25) is 9.59 Å². The molecular formula is C23H27F2N3O3. The van der Waals surface area contributed by atoms with Crippen LogP contribution in [0.5, 0.6) is 5.75 Å². The van der Waals surface area contributed by atoms with Gasteiger partial charge in [0, 0.05) is 17.7 Å². The van der Waals surface area contributed by atoms with Gasteiger partial charge >= 0.3 is 0 Å². The largest absolute Gasteiger partial charge is 0.487 e. The molecule has 1 aromatic carbocycles. The normalized spacial score (nSPS) is 15.1.